The van der Waals surface area contributed by atoms with Crippen molar-refractivity contribution >= 4 is 35.4 Å². The molecular weight excluding hydrogens is 306 g/mol. The summed E-state index contributed by atoms with van der Waals surface area (Å²) in [6.07, 6.45) is 5.00. The first-order valence-corrected chi connectivity index (χ1v) is 8.47. The Hall–Kier alpha value is -1.21. The second-order valence-electron chi connectivity index (χ2n) is 5.56. The number of nitrogens with one attached hydrogen (secondary N) is 2. The highest BCUT2D eigenvalue weighted by atomic mass is 32.1. The van der Waals surface area contributed by atoms with Gasteiger partial charge in [0.25, 0.3) is 0 Å². The van der Waals surface area contributed by atoms with Crippen LogP contribution in [0.2, 0.25) is 0 Å². The number of hydrogen-bond acceptors (Lipinski definition) is 4. The van der Waals surface area contributed by atoms with Gasteiger partial charge in [-0.15, -0.1) is 11.3 Å². The van der Waals surface area contributed by atoms with E-state index in [0.29, 0.717) is 10.4 Å². The summed E-state index contributed by atoms with van der Waals surface area (Å²) in [5, 5.41) is 2.99. The highest BCUT2D eigenvalue weighted by molar-refractivity contribution is 7.73. The van der Waals surface area contributed by atoms with Crippen LogP contribution in [-0.2, 0) is 16.0 Å². The first-order chi connectivity index (χ1) is 9.97. The molecule has 1 saturated carbocycles. The van der Waals surface area contributed by atoms with Gasteiger partial charge >= 0.3 is 0 Å². The van der Waals surface area contributed by atoms with Crippen LogP contribution in [0.5, 0.6) is 0 Å². The Kier molecular flexibility index (Phi) is 5.52. The van der Waals surface area contributed by atoms with E-state index >= 15 is 0 Å². The van der Waals surface area contributed by atoms with Crippen molar-refractivity contribution < 1.29 is 9.59 Å². The maximum Gasteiger partial charge on any atom is 0.225 e. The van der Waals surface area contributed by atoms with Crippen LogP contribution in [0.3, 0.4) is 0 Å². The van der Waals surface area contributed by atoms with Crippen molar-refractivity contribution in [1.29, 1.82) is 0 Å². The number of H-pyrrole nitrogens is 1. The number of carbonyl (C=O) groups excluding carboxylic acids is 2. The molecule has 7 heteroatoms. The Labute approximate surface area is 133 Å². The Morgan fingerprint density at radius 2 is 2.10 bits per heavy atom. The summed E-state index contributed by atoms with van der Waals surface area (Å²) in [7, 11) is 0. The van der Waals surface area contributed by atoms with E-state index in [0.717, 1.165) is 42.7 Å². The summed E-state index contributed by atoms with van der Waals surface area (Å²) in [5.41, 5.74) is 6.41. The number of aromatic amines is 1. The minimum Gasteiger partial charge on any atom is -0.369 e. The molecule has 116 valence electrons. The lowest BCUT2D eigenvalue weighted by molar-refractivity contribution is -0.125. The van der Waals surface area contributed by atoms with Gasteiger partial charge in [-0.25, -0.2) is 0 Å². The van der Waals surface area contributed by atoms with Crippen LogP contribution in [0.4, 0.5) is 0 Å². The third kappa shape index (κ3) is 4.38. The van der Waals surface area contributed by atoms with Crippen LogP contribution in [0.15, 0.2) is 0 Å². The normalized spacial score (nSPS) is 22.5. The van der Waals surface area contributed by atoms with Crippen LogP contribution in [0.1, 0.15) is 42.7 Å². The van der Waals surface area contributed by atoms with Crippen LogP contribution in [0, 0.1) is 16.8 Å². The first-order valence-electron chi connectivity index (χ1n) is 7.24. The molecule has 0 spiro atoms. The third-order valence-electron chi connectivity index (χ3n) is 3.97. The van der Waals surface area contributed by atoms with Crippen LogP contribution < -0.4 is 11.1 Å². The summed E-state index contributed by atoms with van der Waals surface area (Å²) < 4.78 is 0.680. The van der Waals surface area contributed by atoms with Crippen molar-refractivity contribution in [2.75, 3.05) is 0 Å². The molecule has 0 radical (unpaired) electrons. The van der Waals surface area contributed by atoms with Crippen molar-refractivity contribution in [3.63, 3.8) is 0 Å². The van der Waals surface area contributed by atoms with E-state index in [1.165, 1.54) is 11.3 Å². The molecule has 0 aromatic carbocycles. The molecule has 1 heterocycles. The molecule has 21 heavy (non-hydrogen) atoms. The Balaban J connectivity index is 2.01. The number of carbonyl (C=O) groups is 2. The predicted octanol–water partition coefficient (Wildman–Crippen LogP) is 2.21. The standard InChI is InChI=1S/C14H21N3O2S2/c1-8-11(21-14(20)16-8)7-12(18)17-10-6-4-2-3-5-9(10)13(15)19/h9-10H,2-7H2,1H3,(H2,15,19)(H,16,20)(H,17,18)/t9-,10-/m1/s1. The molecule has 1 aliphatic carbocycles. The highest BCUT2D eigenvalue weighted by Gasteiger charge is 2.29. The van der Waals surface area contributed by atoms with Crippen molar-refractivity contribution in [2.45, 2.75) is 51.5 Å². The molecule has 1 fully saturated rings. The molecule has 2 atom stereocenters. The van der Waals surface area contributed by atoms with Gasteiger partial charge in [-0.2, -0.15) is 0 Å². The number of rotatable bonds is 4. The second-order valence-corrected chi connectivity index (χ2v) is 7.33. The van der Waals surface area contributed by atoms with Crippen LogP contribution >= 0.6 is 23.6 Å². The zero-order valence-corrected chi connectivity index (χ0v) is 13.7. The van der Waals surface area contributed by atoms with Gasteiger partial charge in [0, 0.05) is 16.6 Å². The van der Waals surface area contributed by atoms with Crippen molar-refractivity contribution in [3.05, 3.63) is 14.5 Å². The lowest BCUT2D eigenvalue weighted by Crippen LogP contribution is -2.45. The topological polar surface area (TPSA) is 88.0 Å². The predicted molar refractivity (Wildman–Crippen MR) is 85.6 cm³/mol. The average Bonchev–Trinajstić information content (AvgIpc) is 2.61. The van der Waals surface area contributed by atoms with Gasteiger partial charge < -0.3 is 16.0 Å². The van der Waals surface area contributed by atoms with Gasteiger partial charge in [-0.05, 0) is 32.0 Å². The SMILES string of the molecule is Cc1[nH]c(=S)sc1CC(=O)N[C@@H]1CCCCC[C@H]1C(N)=O. The molecule has 4 N–H and O–H groups in total. The molecule has 1 aromatic heterocycles. The minimum absolute atomic E-state index is 0.0681. The fraction of sp³-hybridized carbons (Fsp3) is 0.643. The molecule has 0 bridgehead atoms. The monoisotopic (exact) mass is 327 g/mol. The number of thiazole rings is 1. The minimum atomic E-state index is -0.310. The molecule has 1 aliphatic rings. The van der Waals surface area contributed by atoms with E-state index in [-0.39, 0.29) is 23.8 Å². The molecular formula is C14H21N3O2S2. The van der Waals surface area contributed by atoms with E-state index in [1.807, 2.05) is 6.92 Å². The summed E-state index contributed by atoms with van der Waals surface area (Å²) in [5.74, 6) is -0.626. The zero-order valence-electron chi connectivity index (χ0n) is 12.1. The van der Waals surface area contributed by atoms with Crippen molar-refractivity contribution in [1.82, 2.24) is 10.3 Å². The average molecular weight is 327 g/mol. The quantitative estimate of drug-likeness (QED) is 0.585. The number of hydrogen-bond donors (Lipinski definition) is 3. The number of primary amides is 1. The van der Waals surface area contributed by atoms with Gasteiger partial charge in [0.15, 0.2) is 3.95 Å². The van der Waals surface area contributed by atoms with E-state index in [2.05, 4.69) is 10.3 Å². The van der Waals surface area contributed by atoms with Gasteiger partial charge in [0.2, 0.25) is 11.8 Å². The van der Waals surface area contributed by atoms with Gasteiger partial charge in [0.1, 0.15) is 0 Å². The third-order valence-corrected chi connectivity index (χ3v) is 5.31. The summed E-state index contributed by atoms with van der Waals surface area (Å²) in [4.78, 5) is 27.8. The number of aromatic nitrogens is 1. The van der Waals surface area contributed by atoms with Crippen molar-refractivity contribution in [2.24, 2.45) is 11.7 Å². The van der Waals surface area contributed by atoms with Crippen LogP contribution in [-0.4, -0.2) is 22.8 Å². The highest BCUT2D eigenvalue weighted by Crippen LogP contribution is 2.24. The van der Waals surface area contributed by atoms with Crippen molar-refractivity contribution in [3.8, 4) is 0 Å². The fourth-order valence-corrected chi connectivity index (χ4v) is 4.12. The Morgan fingerprint density at radius 1 is 1.38 bits per heavy atom. The van der Waals surface area contributed by atoms with Crippen LogP contribution in [0.25, 0.3) is 0 Å². The molecule has 1 aromatic rings. The zero-order chi connectivity index (χ0) is 15.4. The second kappa shape index (κ2) is 7.17. The molecule has 0 unspecified atom stereocenters. The van der Waals surface area contributed by atoms with Gasteiger partial charge in [-0.3, -0.25) is 9.59 Å². The summed E-state index contributed by atoms with van der Waals surface area (Å²) >= 11 is 6.50. The fourth-order valence-electron chi connectivity index (χ4n) is 2.83. The maximum atomic E-state index is 12.2. The van der Waals surface area contributed by atoms with E-state index in [4.69, 9.17) is 18.0 Å². The first kappa shape index (κ1) is 16.2. The van der Waals surface area contributed by atoms with E-state index in [1.54, 1.807) is 0 Å². The Bertz CT molecular complexity index is 579. The molecule has 2 rings (SSSR count). The summed E-state index contributed by atoms with van der Waals surface area (Å²) in [6.45, 7) is 1.91. The summed E-state index contributed by atoms with van der Waals surface area (Å²) in [6, 6.07) is -0.135. The molecule has 0 saturated heterocycles. The van der Waals surface area contributed by atoms with Gasteiger partial charge in [0.05, 0.1) is 12.3 Å². The number of aryl methyl sites for hydroxylation is 1. The van der Waals surface area contributed by atoms with E-state index in [9.17, 15) is 9.59 Å². The lowest BCUT2D eigenvalue weighted by atomic mass is 9.94. The molecule has 0 aliphatic heterocycles. The smallest absolute Gasteiger partial charge is 0.225 e. The van der Waals surface area contributed by atoms with E-state index < -0.39 is 0 Å². The van der Waals surface area contributed by atoms with Gasteiger partial charge in [-0.1, -0.05) is 19.3 Å². The largest absolute Gasteiger partial charge is 0.369 e. The maximum absolute atomic E-state index is 12.2. The Morgan fingerprint density at radius 3 is 2.71 bits per heavy atom. The molecule has 5 nitrogen and oxygen atoms in total. The molecule has 2 amide bonds. The lowest BCUT2D eigenvalue weighted by Gasteiger charge is -2.23. The number of amides is 2. The number of nitrogens with two attached hydrogens (primary N) is 1.